The van der Waals surface area contributed by atoms with Crippen molar-refractivity contribution in [2.45, 2.75) is 82.7 Å². The summed E-state index contributed by atoms with van der Waals surface area (Å²) in [4.78, 5) is 42.9. The first-order valence-electron chi connectivity index (χ1n) is 18.1. The van der Waals surface area contributed by atoms with Gasteiger partial charge >= 0.3 is 0 Å². The zero-order valence-electron chi connectivity index (χ0n) is 28.2. The number of hydrogen-bond donors (Lipinski definition) is 4. The largest absolute Gasteiger partial charge is 0.354 e. The fraction of sp³-hybridized carbons (Fsp3) is 0.525. The number of carbonyl (C=O) groups is 3. The summed E-state index contributed by atoms with van der Waals surface area (Å²) in [6.45, 7) is 1.39. The summed E-state index contributed by atoms with van der Waals surface area (Å²) in [6, 6.07) is 22.9. The molecule has 3 aromatic carbocycles. The fourth-order valence-electron chi connectivity index (χ4n) is 9.27. The van der Waals surface area contributed by atoms with Gasteiger partial charge in [0.15, 0.2) is 0 Å². The maximum absolute atomic E-state index is 14.2. The molecule has 4 bridgehead atoms. The first-order chi connectivity index (χ1) is 23.3. The van der Waals surface area contributed by atoms with Gasteiger partial charge < -0.3 is 27.0 Å². The SMILES string of the molecule is NCCCC[C@H](N)C(=O)N[C@@H](Cc1ccccc1)CN(CC(=O)NCC12CC3CC(CC(C3)C1)C2)C(=O)Cc1cccc2ccccc12. The molecule has 3 amide bonds. The van der Waals surface area contributed by atoms with Crippen molar-refractivity contribution in [3.63, 3.8) is 0 Å². The van der Waals surface area contributed by atoms with Crippen molar-refractivity contribution in [1.82, 2.24) is 15.5 Å². The molecule has 0 spiro atoms. The van der Waals surface area contributed by atoms with Gasteiger partial charge in [0.1, 0.15) is 0 Å². The van der Waals surface area contributed by atoms with Gasteiger partial charge in [-0.25, -0.2) is 0 Å². The first-order valence-corrected chi connectivity index (χ1v) is 18.1. The lowest BCUT2D eigenvalue weighted by Gasteiger charge is -2.56. The van der Waals surface area contributed by atoms with Gasteiger partial charge in [-0.05, 0) is 109 Å². The fourth-order valence-corrected chi connectivity index (χ4v) is 9.27. The molecule has 2 atom stereocenters. The maximum atomic E-state index is 14.2. The molecule has 0 radical (unpaired) electrons. The van der Waals surface area contributed by atoms with E-state index in [-0.39, 0.29) is 42.6 Å². The van der Waals surface area contributed by atoms with Crippen LogP contribution in [0.5, 0.6) is 0 Å². The molecular weight excluding hydrogens is 598 g/mol. The zero-order valence-corrected chi connectivity index (χ0v) is 28.2. The van der Waals surface area contributed by atoms with Crippen LogP contribution in [0.2, 0.25) is 0 Å². The summed E-state index contributed by atoms with van der Waals surface area (Å²) >= 11 is 0. The predicted molar refractivity (Wildman–Crippen MR) is 191 cm³/mol. The molecule has 0 aliphatic heterocycles. The molecule has 7 rings (SSSR count). The monoisotopic (exact) mass is 651 g/mol. The van der Waals surface area contributed by atoms with Crippen LogP contribution in [-0.4, -0.2) is 60.9 Å². The third-order valence-corrected chi connectivity index (χ3v) is 11.2. The van der Waals surface area contributed by atoms with Crippen LogP contribution in [0.25, 0.3) is 10.8 Å². The summed E-state index contributed by atoms with van der Waals surface area (Å²) in [5, 5.41) is 8.52. The van der Waals surface area contributed by atoms with Gasteiger partial charge in [-0.15, -0.1) is 0 Å². The van der Waals surface area contributed by atoms with Gasteiger partial charge in [0.05, 0.1) is 25.0 Å². The van der Waals surface area contributed by atoms with Gasteiger partial charge in [-0.2, -0.15) is 0 Å². The van der Waals surface area contributed by atoms with Crippen LogP contribution >= 0.6 is 0 Å². The molecule has 0 saturated heterocycles. The van der Waals surface area contributed by atoms with E-state index in [4.69, 9.17) is 11.5 Å². The average Bonchev–Trinajstić information content (AvgIpc) is 3.07. The Morgan fingerprint density at radius 2 is 1.52 bits per heavy atom. The van der Waals surface area contributed by atoms with Crippen molar-refractivity contribution >= 4 is 28.5 Å². The zero-order chi connectivity index (χ0) is 33.5. The number of benzene rings is 3. The molecule has 256 valence electrons. The Morgan fingerprint density at radius 3 is 2.23 bits per heavy atom. The summed E-state index contributed by atoms with van der Waals surface area (Å²) in [5.41, 5.74) is 14.1. The van der Waals surface area contributed by atoms with Gasteiger partial charge in [-0.1, -0.05) is 79.2 Å². The number of nitrogens with one attached hydrogen (secondary N) is 2. The number of unbranched alkanes of at least 4 members (excludes halogenated alkanes) is 1. The van der Waals surface area contributed by atoms with E-state index in [1.165, 1.54) is 38.5 Å². The Bertz CT molecular complexity index is 1520. The van der Waals surface area contributed by atoms with E-state index in [0.717, 1.165) is 52.5 Å². The second kappa shape index (κ2) is 15.6. The van der Waals surface area contributed by atoms with Crippen LogP contribution in [-0.2, 0) is 27.2 Å². The number of nitrogens with two attached hydrogens (primary N) is 2. The Hall–Kier alpha value is -3.75. The van der Waals surface area contributed by atoms with Crippen LogP contribution in [0.1, 0.15) is 68.9 Å². The quantitative estimate of drug-likeness (QED) is 0.167. The number of carbonyl (C=O) groups excluding carboxylic acids is 3. The van der Waals surface area contributed by atoms with Crippen molar-refractivity contribution in [3.8, 4) is 0 Å². The van der Waals surface area contributed by atoms with Gasteiger partial charge in [-0.3, -0.25) is 14.4 Å². The summed E-state index contributed by atoms with van der Waals surface area (Å²) in [5.74, 6) is 1.87. The van der Waals surface area contributed by atoms with Crippen molar-refractivity contribution in [1.29, 1.82) is 0 Å². The Balaban J connectivity index is 1.19. The molecule has 0 aromatic heterocycles. The second-order valence-corrected chi connectivity index (χ2v) is 15.1. The third-order valence-electron chi connectivity index (χ3n) is 11.2. The Morgan fingerprint density at radius 1 is 0.854 bits per heavy atom. The molecule has 4 saturated carbocycles. The van der Waals surface area contributed by atoms with Gasteiger partial charge in [0.25, 0.3) is 0 Å². The van der Waals surface area contributed by atoms with Crippen molar-refractivity contribution in [2.75, 3.05) is 26.2 Å². The van der Waals surface area contributed by atoms with E-state index < -0.39 is 12.1 Å². The summed E-state index contributed by atoms with van der Waals surface area (Å²) in [7, 11) is 0. The van der Waals surface area contributed by atoms with Crippen molar-refractivity contribution < 1.29 is 14.4 Å². The van der Waals surface area contributed by atoms with Crippen molar-refractivity contribution in [3.05, 3.63) is 83.9 Å². The number of rotatable bonds is 16. The van der Waals surface area contributed by atoms with E-state index in [1.807, 2.05) is 72.8 Å². The third kappa shape index (κ3) is 8.63. The number of amides is 3. The van der Waals surface area contributed by atoms with Gasteiger partial charge in [0.2, 0.25) is 17.7 Å². The minimum absolute atomic E-state index is 0.0559. The lowest BCUT2D eigenvalue weighted by atomic mass is 9.49. The molecule has 8 heteroatoms. The minimum Gasteiger partial charge on any atom is -0.354 e. The van der Waals surface area contributed by atoms with Crippen LogP contribution < -0.4 is 22.1 Å². The predicted octanol–water partition coefficient (Wildman–Crippen LogP) is 4.73. The highest BCUT2D eigenvalue weighted by Gasteiger charge is 2.50. The van der Waals surface area contributed by atoms with Crippen LogP contribution in [0.4, 0.5) is 0 Å². The van der Waals surface area contributed by atoms with Crippen LogP contribution in [0.15, 0.2) is 72.8 Å². The molecule has 4 aliphatic carbocycles. The molecule has 6 N–H and O–H groups in total. The highest BCUT2D eigenvalue weighted by atomic mass is 16.2. The highest BCUT2D eigenvalue weighted by Crippen LogP contribution is 2.59. The molecule has 0 heterocycles. The Labute approximate surface area is 285 Å². The van der Waals surface area contributed by atoms with Crippen LogP contribution in [0, 0.1) is 23.2 Å². The number of fused-ring (bicyclic) bond motifs is 1. The first kappa shape index (κ1) is 34.1. The lowest BCUT2D eigenvalue weighted by molar-refractivity contribution is -0.136. The normalized spacial score (nSPS) is 23.8. The average molecular weight is 652 g/mol. The minimum atomic E-state index is -0.668. The Kier molecular flexibility index (Phi) is 11.1. The molecule has 0 unspecified atom stereocenters. The smallest absolute Gasteiger partial charge is 0.239 e. The second-order valence-electron chi connectivity index (χ2n) is 15.1. The number of nitrogens with zero attached hydrogens (tertiary/aromatic N) is 1. The maximum Gasteiger partial charge on any atom is 0.239 e. The van der Waals surface area contributed by atoms with E-state index in [0.29, 0.717) is 25.9 Å². The van der Waals surface area contributed by atoms with E-state index in [1.54, 1.807) is 4.90 Å². The summed E-state index contributed by atoms with van der Waals surface area (Å²) in [6.07, 6.45) is 10.5. The molecule has 48 heavy (non-hydrogen) atoms. The number of hydrogen-bond acceptors (Lipinski definition) is 5. The molecule has 8 nitrogen and oxygen atoms in total. The lowest BCUT2D eigenvalue weighted by Crippen LogP contribution is -2.54. The molecule has 3 aromatic rings. The van der Waals surface area contributed by atoms with E-state index in [9.17, 15) is 14.4 Å². The summed E-state index contributed by atoms with van der Waals surface area (Å²) < 4.78 is 0. The molecular formula is C40H53N5O3. The van der Waals surface area contributed by atoms with Crippen molar-refractivity contribution in [2.24, 2.45) is 34.6 Å². The molecule has 4 fully saturated rings. The van der Waals surface area contributed by atoms with Gasteiger partial charge in [0, 0.05) is 13.1 Å². The van der Waals surface area contributed by atoms with E-state index in [2.05, 4.69) is 10.6 Å². The standard InChI is InChI=1S/C40H53N5O3/c41-16-7-6-15-36(42)39(48)44-34(20-28-9-2-1-3-10-28)25-45(38(47)21-33-13-8-12-32-11-4-5-14-35(32)33)26-37(46)43-27-40-22-29-17-30(23-40)19-31(18-29)24-40/h1-5,8-14,29-31,34,36H,6-7,15-27,41-42H2,(H,43,46)(H,44,48)/t29?,30?,31?,34-,36-,40?/m0/s1. The topological polar surface area (TPSA) is 131 Å². The van der Waals surface area contributed by atoms with Crippen LogP contribution in [0.3, 0.4) is 0 Å². The van der Waals surface area contributed by atoms with E-state index >= 15 is 0 Å². The highest BCUT2D eigenvalue weighted by molar-refractivity contribution is 5.91. The molecule has 4 aliphatic rings.